The van der Waals surface area contributed by atoms with E-state index in [0.29, 0.717) is 32.7 Å². The zero-order valence-electron chi connectivity index (χ0n) is 11.9. The summed E-state index contributed by atoms with van der Waals surface area (Å²) in [7, 11) is -3.11. The number of sulfonamides is 1. The summed E-state index contributed by atoms with van der Waals surface area (Å²) in [6, 6.07) is 7.54. The third kappa shape index (κ3) is 3.88. The molecule has 0 atom stereocenters. The van der Waals surface area contributed by atoms with Gasteiger partial charge in [0.1, 0.15) is 0 Å². The number of nitrogens with zero attached hydrogens (tertiary/aromatic N) is 2. The van der Waals surface area contributed by atoms with Crippen LogP contribution in [0.5, 0.6) is 0 Å². The third-order valence-corrected chi connectivity index (χ3v) is 4.81. The summed E-state index contributed by atoms with van der Waals surface area (Å²) in [6.45, 7) is 4.43. The molecule has 1 aliphatic rings. The van der Waals surface area contributed by atoms with Crippen LogP contribution in [0.2, 0.25) is 0 Å². The van der Waals surface area contributed by atoms with Crippen LogP contribution in [-0.2, 0) is 10.0 Å². The predicted octanol–water partition coefficient (Wildman–Crippen LogP) is 0.755. The first-order chi connectivity index (χ1) is 9.36. The highest BCUT2D eigenvalue weighted by Crippen LogP contribution is 2.09. The van der Waals surface area contributed by atoms with Crippen LogP contribution in [0.25, 0.3) is 0 Å². The van der Waals surface area contributed by atoms with Gasteiger partial charge in [-0.15, -0.1) is 0 Å². The van der Waals surface area contributed by atoms with E-state index < -0.39 is 10.0 Å². The average Bonchev–Trinajstić information content (AvgIpc) is 2.38. The molecule has 0 unspecified atom stereocenters. The number of Topliss-reactive ketones (excluding diaryl/α,β-unsaturated/α-hetero) is 1. The Balaban J connectivity index is 1.91. The van der Waals surface area contributed by atoms with Crippen LogP contribution in [0.4, 0.5) is 0 Å². The number of aryl methyl sites for hydroxylation is 1. The minimum atomic E-state index is -3.11. The number of ketones is 1. The molecule has 1 saturated heterocycles. The van der Waals surface area contributed by atoms with Crippen molar-refractivity contribution in [2.75, 3.05) is 39.0 Å². The quantitative estimate of drug-likeness (QED) is 0.770. The van der Waals surface area contributed by atoms with E-state index in [4.69, 9.17) is 0 Å². The zero-order chi connectivity index (χ0) is 14.8. The molecular formula is C14H20N2O3S. The molecule has 1 aromatic carbocycles. The molecule has 0 spiro atoms. The Morgan fingerprint density at radius 1 is 1.20 bits per heavy atom. The molecule has 0 saturated carbocycles. The number of rotatable bonds is 4. The van der Waals surface area contributed by atoms with Crippen LogP contribution in [0.15, 0.2) is 24.3 Å². The summed E-state index contributed by atoms with van der Waals surface area (Å²) in [5.41, 5.74) is 1.79. The summed E-state index contributed by atoms with van der Waals surface area (Å²) in [5.74, 6) is 0.0847. The van der Waals surface area contributed by atoms with Gasteiger partial charge in [-0.1, -0.05) is 23.8 Å². The van der Waals surface area contributed by atoms with Crippen LogP contribution in [0.1, 0.15) is 15.9 Å². The Hall–Kier alpha value is -1.24. The topological polar surface area (TPSA) is 57.7 Å². The first kappa shape index (κ1) is 15.2. The van der Waals surface area contributed by atoms with Crippen molar-refractivity contribution in [3.63, 3.8) is 0 Å². The number of piperazine rings is 1. The van der Waals surface area contributed by atoms with E-state index in [-0.39, 0.29) is 5.78 Å². The summed E-state index contributed by atoms with van der Waals surface area (Å²) in [5, 5.41) is 0. The maximum absolute atomic E-state index is 12.2. The lowest BCUT2D eigenvalue weighted by molar-refractivity contribution is 0.0902. The molecule has 2 rings (SSSR count). The Morgan fingerprint density at radius 2 is 1.85 bits per heavy atom. The molecule has 0 radical (unpaired) electrons. The largest absolute Gasteiger partial charge is 0.293 e. The summed E-state index contributed by atoms with van der Waals surface area (Å²) in [4.78, 5) is 14.2. The second kappa shape index (κ2) is 6.03. The Labute approximate surface area is 120 Å². The van der Waals surface area contributed by atoms with Gasteiger partial charge in [-0.05, 0) is 13.0 Å². The number of carbonyl (C=O) groups excluding carboxylic acids is 1. The molecule has 0 bridgehead atoms. The lowest BCUT2D eigenvalue weighted by Gasteiger charge is -2.32. The van der Waals surface area contributed by atoms with Crippen LogP contribution < -0.4 is 0 Å². The monoisotopic (exact) mass is 296 g/mol. The smallest absolute Gasteiger partial charge is 0.211 e. The predicted molar refractivity (Wildman–Crippen MR) is 78.4 cm³/mol. The van der Waals surface area contributed by atoms with Crippen LogP contribution >= 0.6 is 0 Å². The molecule has 0 N–H and O–H groups in total. The fourth-order valence-corrected chi connectivity index (χ4v) is 3.16. The lowest BCUT2D eigenvalue weighted by Crippen LogP contribution is -2.49. The van der Waals surface area contributed by atoms with Gasteiger partial charge in [0.25, 0.3) is 0 Å². The molecule has 0 amide bonds. The highest BCUT2D eigenvalue weighted by molar-refractivity contribution is 7.88. The SMILES string of the molecule is Cc1cccc(C(=O)CN2CCN(S(C)(=O)=O)CC2)c1. The second-order valence-electron chi connectivity index (χ2n) is 5.23. The summed E-state index contributed by atoms with van der Waals surface area (Å²) < 4.78 is 24.3. The van der Waals surface area contributed by atoms with E-state index in [1.54, 1.807) is 0 Å². The van der Waals surface area contributed by atoms with E-state index in [9.17, 15) is 13.2 Å². The average molecular weight is 296 g/mol. The molecule has 6 heteroatoms. The van der Waals surface area contributed by atoms with Gasteiger partial charge in [0.2, 0.25) is 10.0 Å². The highest BCUT2D eigenvalue weighted by Gasteiger charge is 2.24. The molecule has 0 aromatic heterocycles. The molecule has 110 valence electrons. The minimum absolute atomic E-state index is 0.0847. The highest BCUT2D eigenvalue weighted by atomic mass is 32.2. The van der Waals surface area contributed by atoms with Crippen molar-refractivity contribution in [2.24, 2.45) is 0 Å². The molecule has 1 fully saturated rings. The van der Waals surface area contributed by atoms with E-state index in [2.05, 4.69) is 0 Å². The third-order valence-electron chi connectivity index (χ3n) is 3.51. The van der Waals surface area contributed by atoms with Gasteiger partial charge in [0.05, 0.1) is 12.8 Å². The van der Waals surface area contributed by atoms with E-state index >= 15 is 0 Å². The number of benzene rings is 1. The zero-order valence-corrected chi connectivity index (χ0v) is 12.7. The van der Waals surface area contributed by atoms with Gasteiger partial charge in [-0.2, -0.15) is 4.31 Å². The molecule has 1 aromatic rings. The van der Waals surface area contributed by atoms with E-state index in [0.717, 1.165) is 11.1 Å². The molecule has 0 aliphatic carbocycles. The van der Waals surface area contributed by atoms with Crippen LogP contribution in [-0.4, -0.2) is 62.4 Å². The van der Waals surface area contributed by atoms with Gasteiger partial charge in [0.15, 0.2) is 5.78 Å². The van der Waals surface area contributed by atoms with E-state index in [1.165, 1.54) is 10.6 Å². The van der Waals surface area contributed by atoms with Crippen molar-refractivity contribution in [3.05, 3.63) is 35.4 Å². The van der Waals surface area contributed by atoms with Crippen molar-refractivity contribution < 1.29 is 13.2 Å². The van der Waals surface area contributed by atoms with Crippen molar-refractivity contribution in [1.82, 2.24) is 9.21 Å². The number of hydrogen-bond acceptors (Lipinski definition) is 4. The Kier molecular flexibility index (Phi) is 4.57. The van der Waals surface area contributed by atoms with Crippen molar-refractivity contribution in [1.29, 1.82) is 0 Å². The molecule has 5 nitrogen and oxygen atoms in total. The molecule has 1 aliphatic heterocycles. The first-order valence-electron chi connectivity index (χ1n) is 6.63. The Morgan fingerprint density at radius 3 is 2.40 bits per heavy atom. The van der Waals surface area contributed by atoms with Crippen molar-refractivity contribution in [3.8, 4) is 0 Å². The standard InChI is InChI=1S/C14H20N2O3S/c1-12-4-3-5-13(10-12)14(17)11-15-6-8-16(9-7-15)20(2,18)19/h3-5,10H,6-9,11H2,1-2H3. The van der Waals surface area contributed by atoms with Crippen LogP contribution in [0.3, 0.4) is 0 Å². The summed E-state index contributed by atoms with van der Waals surface area (Å²) >= 11 is 0. The number of carbonyl (C=O) groups is 1. The van der Waals surface area contributed by atoms with Crippen molar-refractivity contribution in [2.45, 2.75) is 6.92 Å². The normalized spacial score (nSPS) is 18.1. The first-order valence-corrected chi connectivity index (χ1v) is 8.48. The second-order valence-corrected chi connectivity index (χ2v) is 7.21. The van der Waals surface area contributed by atoms with Crippen molar-refractivity contribution >= 4 is 15.8 Å². The van der Waals surface area contributed by atoms with Gasteiger partial charge < -0.3 is 0 Å². The summed E-state index contributed by atoms with van der Waals surface area (Å²) in [6.07, 6.45) is 1.22. The minimum Gasteiger partial charge on any atom is -0.293 e. The van der Waals surface area contributed by atoms with Gasteiger partial charge >= 0.3 is 0 Å². The molecule has 20 heavy (non-hydrogen) atoms. The van der Waals surface area contributed by atoms with Crippen LogP contribution in [0, 0.1) is 6.92 Å². The molecule has 1 heterocycles. The van der Waals surface area contributed by atoms with Gasteiger partial charge in [0, 0.05) is 31.7 Å². The lowest BCUT2D eigenvalue weighted by atomic mass is 10.1. The Bertz CT molecular complexity index is 590. The maximum Gasteiger partial charge on any atom is 0.211 e. The van der Waals surface area contributed by atoms with E-state index in [1.807, 2.05) is 36.1 Å². The van der Waals surface area contributed by atoms with Gasteiger partial charge in [-0.25, -0.2) is 8.42 Å². The molecular weight excluding hydrogens is 276 g/mol. The fourth-order valence-electron chi connectivity index (χ4n) is 2.33. The number of hydrogen-bond donors (Lipinski definition) is 0. The maximum atomic E-state index is 12.2. The fraction of sp³-hybridized carbons (Fsp3) is 0.500. The van der Waals surface area contributed by atoms with Gasteiger partial charge in [-0.3, -0.25) is 9.69 Å².